The van der Waals surface area contributed by atoms with Gasteiger partial charge in [0.2, 0.25) is 0 Å². The van der Waals surface area contributed by atoms with Gasteiger partial charge in [-0.15, -0.1) is 0 Å². The molecule has 6 nitrogen and oxygen atoms in total. The van der Waals surface area contributed by atoms with Crippen LogP contribution in [0.4, 0.5) is 0 Å². The van der Waals surface area contributed by atoms with Crippen molar-refractivity contribution in [1.82, 2.24) is 9.80 Å². The summed E-state index contributed by atoms with van der Waals surface area (Å²) in [7, 11) is 3.16. The molecular formula is C24H30N2O4. The number of hydrogen-bond acceptors (Lipinski definition) is 5. The number of ether oxygens (including phenoxy) is 1. The fourth-order valence-corrected chi connectivity index (χ4v) is 3.93. The Morgan fingerprint density at radius 2 is 1.67 bits per heavy atom. The second kappa shape index (κ2) is 10.4. The first-order valence-corrected chi connectivity index (χ1v) is 10.4. The van der Waals surface area contributed by atoms with Gasteiger partial charge in [0.1, 0.15) is 0 Å². The van der Waals surface area contributed by atoms with Gasteiger partial charge in [-0.3, -0.25) is 4.79 Å². The predicted molar refractivity (Wildman–Crippen MR) is 115 cm³/mol. The number of rotatable bonds is 7. The van der Waals surface area contributed by atoms with E-state index in [1.807, 2.05) is 37.4 Å². The summed E-state index contributed by atoms with van der Waals surface area (Å²) < 4.78 is 4.69. The van der Waals surface area contributed by atoms with Crippen molar-refractivity contribution in [3.05, 3.63) is 71.3 Å². The van der Waals surface area contributed by atoms with E-state index in [0.717, 1.165) is 31.5 Å². The van der Waals surface area contributed by atoms with Crippen LogP contribution in [-0.2, 0) is 4.74 Å². The lowest BCUT2D eigenvalue weighted by atomic mass is 9.95. The zero-order valence-corrected chi connectivity index (χ0v) is 17.7. The molecule has 1 amide bonds. The van der Waals surface area contributed by atoms with Crippen molar-refractivity contribution >= 4 is 11.9 Å². The first-order valence-electron chi connectivity index (χ1n) is 10.4. The number of benzene rings is 2. The van der Waals surface area contributed by atoms with Crippen molar-refractivity contribution in [3.8, 4) is 0 Å². The number of amides is 1. The topological polar surface area (TPSA) is 70.1 Å². The monoisotopic (exact) mass is 410 g/mol. The molecule has 0 aromatic heterocycles. The second-order valence-electron chi connectivity index (χ2n) is 7.93. The van der Waals surface area contributed by atoms with Crippen LogP contribution >= 0.6 is 0 Å². The zero-order valence-electron chi connectivity index (χ0n) is 17.7. The molecule has 1 fully saturated rings. The molecule has 1 heterocycles. The van der Waals surface area contributed by atoms with E-state index in [4.69, 9.17) is 0 Å². The molecule has 0 unspecified atom stereocenters. The Balaban J connectivity index is 1.46. The number of aliphatic hydroxyl groups is 1. The lowest BCUT2D eigenvalue weighted by molar-refractivity contribution is 0.0599. The number of β-amino-alcohol motifs (C(OH)–C–C–N with tert-alkyl or cyclic N) is 1. The highest BCUT2D eigenvalue weighted by Crippen LogP contribution is 2.22. The molecule has 1 atom stereocenters. The fraction of sp³-hybridized carbons (Fsp3) is 0.417. The van der Waals surface area contributed by atoms with Gasteiger partial charge in [-0.2, -0.15) is 0 Å². The largest absolute Gasteiger partial charge is 0.465 e. The van der Waals surface area contributed by atoms with Gasteiger partial charge in [-0.05, 0) is 61.7 Å². The van der Waals surface area contributed by atoms with Gasteiger partial charge in [0.05, 0.1) is 18.8 Å². The van der Waals surface area contributed by atoms with E-state index in [2.05, 4.69) is 9.64 Å². The van der Waals surface area contributed by atoms with Gasteiger partial charge in [0.25, 0.3) is 5.91 Å². The molecule has 0 bridgehead atoms. The molecule has 6 heteroatoms. The van der Waals surface area contributed by atoms with E-state index in [1.165, 1.54) is 7.11 Å². The van der Waals surface area contributed by atoms with Gasteiger partial charge in [0.15, 0.2) is 0 Å². The summed E-state index contributed by atoms with van der Waals surface area (Å²) in [6, 6.07) is 16.3. The minimum atomic E-state index is -0.472. The maximum absolute atomic E-state index is 12.7. The van der Waals surface area contributed by atoms with E-state index in [9.17, 15) is 14.7 Å². The first kappa shape index (κ1) is 22.0. The Labute approximate surface area is 178 Å². The Hall–Kier alpha value is -2.70. The van der Waals surface area contributed by atoms with E-state index in [-0.39, 0.29) is 5.91 Å². The zero-order chi connectivity index (χ0) is 21.5. The number of esters is 1. The maximum Gasteiger partial charge on any atom is 0.337 e. The average Bonchev–Trinajstić information content (AvgIpc) is 2.80. The second-order valence-corrected chi connectivity index (χ2v) is 7.93. The molecular weight excluding hydrogens is 380 g/mol. The lowest BCUT2D eigenvalue weighted by Gasteiger charge is -2.34. The SMILES string of the molecule is COC(=O)c1ccc(C(=O)N(C)CC2CCN(C[C@@H](O)c3ccccc3)CC2)cc1. The Kier molecular flexibility index (Phi) is 7.60. The first-order chi connectivity index (χ1) is 14.5. The molecule has 0 radical (unpaired) electrons. The number of likely N-dealkylation sites (tertiary alicyclic amines) is 1. The van der Waals surface area contributed by atoms with Crippen molar-refractivity contribution in [1.29, 1.82) is 0 Å². The van der Waals surface area contributed by atoms with Crippen molar-refractivity contribution in [2.45, 2.75) is 18.9 Å². The average molecular weight is 411 g/mol. The highest BCUT2D eigenvalue weighted by atomic mass is 16.5. The molecule has 0 aliphatic carbocycles. The molecule has 2 aromatic rings. The van der Waals surface area contributed by atoms with E-state index < -0.39 is 12.1 Å². The smallest absolute Gasteiger partial charge is 0.337 e. The quantitative estimate of drug-likeness (QED) is 0.711. The number of aliphatic hydroxyl groups excluding tert-OH is 1. The number of nitrogens with zero attached hydrogens (tertiary/aromatic N) is 2. The van der Waals surface area contributed by atoms with Crippen LogP contribution in [-0.4, -0.2) is 67.1 Å². The molecule has 160 valence electrons. The third kappa shape index (κ3) is 5.68. The van der Waals surface area contributed by atoms with Crippen molar-refractivity contribution in [2.24, 2.45) is 5.92 Å². The third-order valence-corrected chi connectivity index (χ3v) is 5.75. The molecule has 30 heavy (non-hydrogen) atoms. The summed E-state index contributed by atoms with van der Waals surface area (Å²) in [5, 5.41) is 10.4. The number of hydrogen-bond donors (Lipinski definition) is 1. The van der Waals surface area contributed by atoms with Crippen LogP contribution in [0.1, 0.15) is 45.2 Å². The van der Waals surface area contributed by atoms with E-state index in [0.29, 0.717) is 30.1 Å². The highest BCUT2D eigenvalue weighted by molar-refractivity contribution is 5.96. The standard InChI is InChI=1S/C24H30N2O4/c1-25(23(28)20-8-10-21(11-9-20)24(29)30-2)16-18-12-14-26(15-13-18)17-22(27)19-6-4-3-5-7-19/h3-11,18,22,27H,12-17H2,1-2H3/t22-/m1/s1. The summed E-state index contributed by atoms with van der Waals surface area (Å²) in [6.45, 7) is 3.18. The molecule has 2 aromatic carbocycles. The Morgan fingerprint density at radius 3 is 2.27 bits per heavy atom. The molecule has 1 N–H and O–H groups in total. The van der Waals surface area contributed by atoms with Gasteiger partial charge in [0, 0.05) is 25.7 Å². The van der Waals surface area contributed by atoms with Crippen molar-refractivity contribution < 1.29 is 19.4 Å². The molecule has 1 saturated heterocycles. The number of piperidine rings is 1. The van der Waals surface area contributed by atoms with Gasteiger partial charge < -0.3 is 19.6 Å². The van der Waals surface area contributed by atoms with Gasteiger partial charge in [-0.1, -0.05) is 30.3 Å². The minimum absolute atomic E-state index is 0.0478. The Bertz CT molecular complexity index is 830. The number of carbonyl (C=O) groups is 2. The van der Waals surface area contributed by atoms with Crippen LogP contribution < -0.4 is 0 Å². The normalized spacial score (nSPS) is 16.1. The van der Waals surface area contributed by atoms with Crippen LogP contribution in [0.25, 0.3) is 0 Å². The summed E-state index contributed by atoms with van der Waals surface area (Å²) in [5.74, 6) is -0.0155. The van der Waals surface area contributed by atoms with E-state index >= 15 is 0 Å². The van der Waals surface area contributed by atoms with Crippen LogP contribution in [0.15, 0.2) is 54.6 Å². The predicted octanol–water partition coefficient (Wildman–Crippen LogP) is 2.99. The van der Waals surface area contributed by atoms with Gasteiger partial charge >= 0.3 is 5.97 Å². The van der Waals surface area contributed by atoms with Crippen LogP contribution in [0.3, 0.4) is 0 Å². The fourth-order valence-electron chi connectivity index (χ4n) is 3.93. The summed E-state index contributed by atoms with van der Waals surface area (Å²) in [5.41, 5.74) is 1.94. The molecule has 1 aliphatic rings. The summed E-state index contributed by atoms with van der Waals surface area (Å²) >= 11 is 0. The van der Waals surface area contributed by atoms with Crippen LogP contribution in [0.5, 0.6) is 0 Å². The minimum Gasteiger partial charge on any atom is -0.465 e. The molecule has 1 aliphatic heterocycles. The number of carbonyl (C=O) groups excluding carboxylic acids is 2. The maximum atomic E-state index is 12.7. The van der Waals surface area contributed by atoms with E-state index in [1.54, 1.807) is 29.2 Å². The number of methoxy groups -OCH3 is 1. The van der Waals surface area contributed by atoms with Crippen LogP contribution in [0.2, 0.25) is 0 Å². The molecule has 3 rings (SSSR count). The summed E-state index contributed by atoms with van der Waals surface area (Å²) in [6.07, 6.45) is 1.53. The third-order valence-electron chi connectivity index (χ3n) is 5.75. The summed E-state index contributed by atoms with van der Waals surface area (Å²) in [4.78, 5) is 28.3. The molecule has 0 saturated carbocycles. The molecule has 0 spiro atoms. The lowest BCUT2D eigenvalue weighted by Crippen LogP contribution is -2.40. The van der Waals surface area contributed by atoms with Crippen molar-refractivity contribution in [2.75, 3.05) is 40.3 Å². The Morgan fingerprint density at radius 1 is 1.07 bits per heavy atom. The van der Waals surface area contributed by atoms with Crippen molar-refractivity contribution in [3.63, 3.8) is 0 Å². The van der Waals surface area contributed by atoms with Gasteiger partial charge in [-0.25, -0.2) is 4.79 Å². The highest BCUT2D eigenvalue weighted by Gasteiger charge is 2.24. The van der Waals surface area contributed by atoms with Crippen LogP contribution in [0, 0.1) is 5.92 Å².